The molecule has 3 aromatic rings. The lowest BCUT2D eigenvalue weighted by Gasteiger charge is -2.21. The average molecular weight is 418 g/mol. The van der Waals surface area contributed by atoms with Gasteiger partial charge in [-0.05, 0) is 31.0 Å². The molecular formula is C24H26N4O3. The summed E-state index contributed by atoms with van der Waals surface area (Å²) in [5, 5.41) is 2.99. The largest absolute Gasteiger partial charge is 0.486 e. The van der Waals surface area contributed by atoms with Crippen molar-refractivity contribution in [1.82, 2.24) is 14.5 Å². The van der Waals surface area contributed by atoms with Crippen molar-refractivity contribution < 1.29 is 14.3 Å². The Morgan fingerprint density at radius 3 is 2.77 bits per heavy atom. The topological polar surface area (TPSA) is 68.6 Å². The number of hydrogen-bond acceptors (Lipinski definition) is 4. The lowest BCUT2D eigenvalue weighted by molar-refractivity contribution is 0.171. The summed E-state index contributed by atoms with van der Waals surface area (Å²) in [6, 6.07) is 15.8. The van der Waals surface area contributed by atoms with E-state index in [9.17, 15) is 4.79 Å². The summed E-state index contributed by atoms with van der Waals surface area (Å²) in [5.74, 6) is 2.66. The number of imidazole rings is 1. The molecule has 1 aromatic heterocycles. The van der Waals surface area contributed by atoms with Crippen LogP contribution >= 0.6 is 0 Å². The molecule has 5 rings (SSSR count). The van der Waals surface area contributed by atoms with Gasteiger partial charge >= 0.3 is 6.03 Å². The second kappa shape index (κ2) is 8.34. The number of carbonyl (C=O) groups excluding carboxylic acids is 1. The number of likely N-dealkylation sites (tertiary alicyclic amines) is 1. The first-order chi connectivity index (χ1) is 15.2. The second-order valence-corrected chi connectivity index (χ2v) is 8.05. The van der Waals surface area contributed by atoms with Crippen LogP contribution in [0.25, 0.3) is 0 Å². The number of aromatic nitrogens is 2. The number of nitrogens with one attached hydrogen (secondary N) is 1. The summed E-state index contributed by atoms with van der Waals surface area (Å²) in [7, 11) is 0. The van der Waals surface area contributed by atoms with Crippen molar-refractivity contribution in [2.24, 2.45) is 0 Å². The number of rotatable bonds is 4. The highest BCUT2D eigenvalue weighted by Crippen LogP contribution is 2.33. The minimum absolute atomic E-state index is 0.0999. The third kappa shape index (κ3) is 4.08. The molecule has 0 saturated carbocycles. The predicted molar refractivity (Wildman–Crippen MR) is 118 cm³/mol. The van der Waals surface area contributed by atoms with E-state index >= 15 is 0 Å². The molecule has 31 heavy (non-hydrogen) atoms. The zero-order valence-corrected chi connectivity index (χ0v) is 17.6. The fourth-order valence-corrected chi connectivity index (χ4v) is 4.26. The van der Waals surface area contributed by atoms with Crippen LogP contribution in [0.15, 0.2) is 54.7 Å². The molecule has 0 spiro atoms. The average Bonchev–Trinajstić information content (AvgIpc) is 3.42. The maximum absolute atomic E-state index is 12.9. The van der Waals surface area contributed by atoms with Crippen molar-refractivity contribution in [1.29, 1.82) is 0 Å². The molecule has 1 N–H and O–H groups in total. The van der Waals surface area contributed by atoms with Crippen molar-refractivity contribution in [3.05, 3.63) is 71.8 Å². The smallest absolute Gasteiger partial charge is 0.321 e. The Morgan fingerprint density at radius 1 is 1.13 bits per heavy atom. The predicted octanol–water partition coefficient (Wildman–Crippen LogP) is 4.03. The van der Waals surface area contributed by atoms with Crippen LogP contribution in [0, 0.1) is 6.92 Å². The van der Waals surface area contributed by atoms with Crippen molar-refractivity contribution in [2.45, 2.75) is 25.8 Å². The number of carbonyl (C=O) groups is 1. The monoisotopic (exact) mass is 418 g/mol. The second-order valence-electron chi connectivity index (χ2n) is 8.05. The first-order valence-corrected chi connectivity index (χ1v) is 10.7. The van der Waals surface area contributed by atoms with Gasteiger partial charge in [0.15, 0.2) is 11.5 Å². The zero-order chi connectivity index (χ0) is 21.2. The van der Waals surface area contributed by atoms with Crippen LogP contribution in [0.1, 0.15) is 29.4 Å². The van der Waals surface area contributed by atoms with Gasteiger partial charge in [0.1, 0.15) is 19.0 Å². The van der Waals surface area contributed by atoms with Crippen LogP contribution in [0.5, 0.6) is 11.5 Å². The molecule has 7 heteroatoms. The van der Waals surface area contributed by atoms with Crippen molar-refractivity contribution in [2.75, 3.05) is 31.6 Å². The maximum atomic E-state index is 12.9. The molecule has 160 valence electrons. The molecule has 1 atom stereocenters. The van der Waals surface area contributed by atoms with Gasteiger partial charge in [-0.15, -0.1) is 0 Å². The van der Waals surface area contributed by atoms with Crippen LogP contribution in [0.2, 0.25) is 0 Å². The minimum atomic E-state index is -0.0999. The van der Waals surface area contributed by atoms with Gasteiger partial charge in [0, 0.05) is 49.2 Å². The number of nitrogens with zero attached hydrogens (tertiary/aromatic N) is 3. The van der Waals surface area contributed by atoms with E-state index in [1.807, 2.05) is 35.4 Å². The Kier molecular flexibility index (Phi) is 5.24. The van der Waals surface area contributed by atoms with E-state index in [0.717, 1.165) is 24.5 Å². The Hall–Kier alpha value is -3.48. The molecule has 0 bridgehead atoms. The van der Waals surface area contributed by atoms with E-state index in [4.69, 9.17) is 14.5 Å². The number of aryl methyl sites for hydroxylation is 1. The molecule has 1 unspecified atom stereocenters. The molecule has 2 amide bonds. The first kappa shape index (κ1) is 19.5. The van der Waals surface area contributed by atoms with E-state index in [1.165, 1.54) is 5.56 Å². The number of hydrogen-bond donors (Lipinski definition) is 1. The van der Waals surface area contributed by atoms with Crippen molar-refractivity contribution >= 4 is 11.7 Å². The molecule has 0 aliphatic carbocycles. The lowest BCUT2D eigenvalue weighted by Crippen LogP contribution is -2.33. The minimum Gasteiger partial charge on any atom is -0.486 e. The maximum Gasteiger partial charge on any atom is 0.321 e. The van der Waals surface area contributed by atoms with Crippen LogP contribution in [0.4, 0.5) is 10.5 Å². The number of fused-ring (bicyclic) bond motifs is 1. The lowest BCUT2D eigenvalue weighted by atomic mass is 10.1. The summed E-state index contributed by atoms with van der Waals surface area (Å²) < 4.78 is 13.4. The number of amides is 2. The van der Waals surface area contributed by atoms with Gasteiger partial charge in [-0.3, -0.25) is 0 Å². The highest BCUT2D eigenvalue weighted by Gasteiger charge is 2.30. The third-order valence-electron chi connectivity index (χ3n) is 5.90. The molecular weight excluding hydrogens is 392 g/mol. The number of urea groups is 1. The summed E-state index contributed by atoms with van der Waals surface area (Å²) in [6.45, 7) is 5.31. The SMILES string of the molecule is Cc1cnc(C2CCN(C(=O)Nc3ccc4c(c3)OCCO4)C2)n1Cc1ccccc1. The van der Waals surface area contributed by atoms with Gasteiger partial charge in [0.05, 0.1) is 0 Å². The molecule has 1 fully saturated rings. The van der Waals surface area contributed by atoms with Crippen molar-refractivity contribution in [3.63, 3.8) is 0 Å². The molecule has 2 aliphatic heterocycles. The molecule has 7 nitrogen and oxygen atoms in total. The van der Waals surface area contributed by atoms with Crippen molar-refractivity contribution in [3.8, 4) is 11.5 Å². The summed E-state index contributed by atoms with van der Waals surface area (Å²) in [6.07, 6.45) is 2.83. The fraction of sp³-hybridized carbons (Fsp3) is 0.333. The summed E-state index contributed by atoms with van der Waals surface area (Å²) in [5.41, 5.74) is 3.09. The Balaban J connectivity index is 1.26. The van der Waals surface area contributed by atoms with E-state index in [2.05, 4.69) is 41.1 Å². The summed E-state index contributed by atoms with van der Waals surface area (Å²) in [4.78, 5) is 19.4. The zero-order valence-electron chi connectivity index (χ0n) is 17.6. The standard InChI is InChI=1S/C24H26N4O3/c1-17-14-25-23(28(17)15-18-5-3-2-4-6-18)19-9-10-27(16-19)24(29)26-20-7-8-21-22(13-20)31-12-11-30-21/h2-8,13-14,19H,9-12,15-16H2,1H3,(H,26,29). The Labute approximate surface area is 181 Å². The van der Waals surface area contributed by atoms with Crippen LogP contribution in [-0.2, 0) is 6.54 Å². The van der Waals surface area contributed by atoms with Gasteiger partial charge in [-0.2, -0.15) is 0 Å². The van der Waals surface area contributed by atoms with Gasteiger partial charge in [-0.25, -0.2) is 9.78 Å². The van der Waals surface area contributed by atoms with E-state index in [1.54, 1.807) is 0 Å². The first-order valence-electron chi connectivity index (χ1n) is 10.7. The van der Waals surface area contributed by atoms with Crippen LogP contribution in [0.3, 0.4) is 0 Å². The Morgan fingerprint density at radius 2 is 1.94 bits per heavy atom. The van der Waals surface area contributed by atoms with E-state index in [-0.39, 0.29) is 11.9 Å². The van der Waals surface area contributed by atoms with E-state index < -0.39 is 0 Å². The number of anilines is 1. The fourth-order valence-electron chi connectivity index (χ4n) is 4.26. The van der Waals surface area contributed by atoms with Gasteiger partial charge in [0.2, 0.25) is 0 Å². The van der Waals surface area contributed by atoms with Gasteiger partial charge < -0.3 is 24.3 Å². The quantitative estimate of drug-likeness (QED) is 0.695. The highest BCUT2D eigenvalue weighted by molar-refractivity contribution is 5.90. The highest BCUT2D eigenvalue weighted by atomic mass is 16.6. The number of benzene rings is 2. The van der Waals surface area contributed by atoms with Crippen LogP contribution < -0.4 is 14.8 Å². The molecule has 2 aliphatic rings. The Bertz CT molecular complexity index is 1080. The van der Waals surface area contributed by atoms with Crippen LogP contribution in [-0.4, -0.2) is 46.8 Å². The molecule has 1 saturated heterocycles. The normalized spacial score (nSPS) is 17.6. The molecule has 0 radical (unpaired) electrons. The molecule has 3 heterocycles. The summed E-state index contributed by atoms with van der Waals surface area (Å²) >= 11 is 0. The molecule has 2 aromatic carbocycles. The number of ether oxygens (including phenoxy) is 2. The van der Waals surface area contributed by atoms with Gasteiger partial charge in [0.25, 0.3) is 0 Å². The van der Waals surface area contributed by atoms with E-state index in [0.29, 0.717) is 43.5 Å². The van der Waals surface area contributed by atoms with Gasteiger partial charge in [-0.1, -0.05) is 30.3 Å². The third-order valence-corrected chi connectivity index (χ3v) is 5.90.